The molecule has 0 saturated carbocycles. The molecule has 0 aliphatic heterocycles. The summed E-state index contributed by atoms with van der Waals surface area (Å²) in [6.45, 7) is 13.0. The molecule has 26 heavy (non-hydrogen) atoms. The maximum absolute atomic E-state index is 13.1. The summed E-state index contributed by atoms with van der Waals surface area (Å²) in [5.41, 5.74) is 4.44. The van der Waals surface area contributed by atoms with Gasteiger partial charge >= 0.3 is 0 Å². The Bertz CT molecular complexity index is 778. The summed E-state index contributed by atoms with van der Waals surface area (Å²) in [7, 11) is -1.44. The van der Waals surface area contributed by atoms with Gasteiger partial charge in [0.05, 0.1) is 4.90 Å². The minimum absolute atomic E-state index is 0.288. The molecule has 0 bridgehead atoms. The van der Waals surface area contributed by atoms with Crippen LogP contribution in [0.5, 0.6) is 0 Å². The van der Waals surface area contributed by atoms with E-state index < -0.39 is 11.0 Å². The van der Waals surface area contributed by atoms with Gasteiger partial charge in [-0.15, -0.1) is 0 Å². The smallest absolute Gasteiger partial charge is 0.173 e. The van der Waals surface area contributed by atoms with Crippen LogP contribution in [0.15, 0.2) is 45.7 Å². The highest BCUT2D eigenvalue weighted by molar-refractivity contribution is 7.84. The zero-order valence-electron chi connectivity index (χ0n) is 16.4. The molecule has 0 fully saturated rings. The van der Waals surface area contributed by atoms with Gasteiger partial charge in [0.2, 0.25) is 0 Å². The molecule has 0 N–H and O–H groups in total. The maximum atomic E-state index is 13.1. The van der Waals surface area contributed by atoms with Crippen molar-refractivity contribution in [2.75, 3.05) is 0 Å². The van der Waals surface area contributed by atoms with Crippen LogP contribution in [0.2, 0.25) is 5.02 Å². The topological polar surface area (TPSA) is 29.4 Å². The van der Waals surface area contributed by atoms with E-state index in [0.717, 1.165) is 21.6 Å². The van der Waals surface area contributed by atoms with Crippen molar-refractivity contribution in [3.63, 3.8) is 0 Å². The highest BCUT2D eigenvalue weighted by Gasteiger charge is 2.21. The lowest BCUT2D eigenvalue weighted by atomic mass is 9.89. The Balaban J connectivity index is 2.51. The van der Waals surface area contributed by atoms with Crippen LogP contribution in [0.3, 0.4) is 0 Å². The van der Waals surface area contributed by atoms with Crippen LogP contribution >= 0.6 is 11.6 Å². The van der Waals surface area contributed by atoms with E-state index in [4.69, 9.17) is 11.6 Å². The van der Waals surface area contributed by atoms with E-state index >= 15 is 0 Å². The third-order valence-corrected chi connectivity index (χ3v) is 5.79. The number of hydrogen-bond donors (Lipinski definition) is 0. The van der Waals surface area contributed by atoms with Gasteiger partial charge in [-0.2, -0.15) is 4.40 Å². The average Bonchev–Trinajstić information content (AvgIpc) is 2.59. The van der Waals surface area contributed by atoms with Gasteiger partial charge in [0, 0.05) is 11.2 Å². The van der Waals surface area contributed by atoms with E-state index in [1.807, 2.05) is 24.3 Å². The highest BCUT2D eigenvalue weighted by atomic mass is 35.5. The molecule has 140 valence electrons. The second-order valence-electron chi connectivity index (χ2n) is 7.53. The Morgan fingerprint density at radius 3 is 1.81 bits per heavy atom. The van der Waals surface area contributed by atoms with E-state index in [9.17, 15) is 4.21 Å². The molecule has 2 aromatic carbocycles. The molecule has 2 aromatic rings. The van der Waals surface area contributed by atoms with Gasteiger partial charge in [0.1, 0.15) is 0 Å². The second kappa shape index (κ2) is 8.96. The minimum atomic E-state index is -1.44. The summed E-state index contributed by atoms with van der Waals surface area (Å²) < 4.78 is 17.5. The molecule has 0 radical (unpaired) electrons. The molecule has 0 aliphatic carbocycles. The summed E-state index contributed by atoms with van der Waals surface area (Å²) in [5.74, 6) is 1.01. The fourth-order valence-corrected chi connectivity index (χ4v) is 4.24. The SMILES string of the molecule is CC(C)c1cc(C(C)C)c(S(=O)/N=C/c2ccc(Cl)cc2)c(C(C)C)c1. The van der Waals surface area contributed by atoms with Gasteiger partial charge in [-0.05, 0) is 52.1 Å². The standard InChI is InChI=1S/C22H28ClNOS/c1-14(2)18-11-20(15(3)4)22(21(12-18)16(5)6)26(25)24-13-17-7-9-19(23)10-8-17/h7-16H,1-6H3/b24-13+. The zero-order valence-corrected chi connectivity index (χ0v) is 18.0. The zero-order chi connectivity index (χ0) is 19.4. The molecule has 2 rings (SSSR count). The number of hydrogen-bond acceptors (Lipinski definition) is 1. The van der Waals surface area contributed by atoms with Gasteiger partial charge in [0.25, 0.3) is 0 Å². The molecule has 0 aromatic heterocycles. The van der Waals surface area contributed by atoms with E-state index in [0.29, 0.717) is 10.9 Å². The van der Waals surface area contributed by atoms with E-state index in [1.165, 1.54) is 5.56 Å². The molecule has 2 nitrogen and oxygen atoms in total. The Morgan fingerprint density at radius 2 is 1.38 bits per heavy atom. The molecular formula is C22H28ClNOS. The van der Waals surface area contributed by atoms with E-state index in [1.54, 1.807) is 6.21 Å². The number of rotatable bonds is 6. The van der Waals surface area contributed by atoms with Crippen molar-refractivity contribution in [1.82, 2.24) is 0 Å². The molecule has 1 atom stereocenters. The third-order valence-electron chi connectivity index (χ3n) is 4.42. The van der Waals surface area contributed by atoms with Crippen LogP contribution in [0.25, 0.3) is 0 Å². The summed E-state index contributed by atoms with van der Waals surface area (Å²) >= 11 is 5.92. The summed E-state index contributed by atoms with van der Waals surface area (Å²) in [6, 6.07) is 11.8. The van der Waals surface area contributed by atoms with Gasteiger partial charge in [-0.1, -0.05) is 77.4 Å². The van der Waals surface area contributed by atoms with Crippen LogP contribution in [-0.4, -0.2) is 10.4 Å². The second-order valence-corrected chi connectivity index (χ2v) is 9.08. The van der Waals surface area contributed by atoms with Crippen LogP contribution in [0.1, 0.15) is 81.5 Å². The van der Waals surface area contributed by atoms with Crippen LogP contribution in [0.4, 0.5) is 0 Å². The van der Waals surface area contributed by atoms with Crippen molar-refractivity contribution in [2.24, 2.45) is 4.40 Å². The van der Waals surface area contributed by atoms with Crippen molar-refractivity contribution >= 4 is 28.8 Å². The number of nitrogens with zero attached hydrogens (tertiary/aromatic N) is 1. The molecule has 0 amide bonds. The Labute approximate surface area is 165 Å². The Kier molecular flexibility index (Phi) is 7.19. The van der Waals surface area contributed by atoms with Gasteiger partial charge in [-0.25, -0.2) is 4.21 Å². The largest absolute Gasteiger partial charge is 0.229 e. The first-order valence-corrected chi connectivity index (χ1v) is 10.6. The summed E-state index contributed by atoms with van der Waals surface area (Å²) in [6.07, 6.45) is 1.66. The van der Waals surface area contributed by atoms with Crippen molar-refractivity contribution in [3.8, 4) is 0 Å². The fourth-order valence-electron chi connectivity index (χ4n) is 2.80. The molecule has 0 heterocycles. The molecule has 4 heteroatoms. The molecule has 1 unspecified atom stereocenters. The van der Waals surface area contributed by atoms with Crippen LogP contribution < -0.4 is 0 Å². The number of benzene rings is 2. The maximum Gasteiger partial charge on any atom is 0.173 e. The third kappa shape index (κ3) is 5.05. The van der Waals surface area contributed by atoms with Crippen molar-refractivity contribution < 1.29 is 4.21 Å². The molecule has 0 aliphatic rings. The average molecular weight is 390 g/mol. The lowest BCUT2D eigenvalue weighted by Crippen LogP contribution is -2.07. The molecular weight excluding hydrogens is 362 g/mol. The van der Waals surface area contributed by atoms with Crippen molar-refractivity contribution in [2.45, 2.75) is 64.2 Å². The molecule has 0 spiro atoms. The first-order chi connectivity index (χ1) is 12.2. The summed E-state index contributed by atoms with van der Waals surface area (Å²) in [4.78, 5) is 0.865. The normalized spacial score (nSPS) is 13.3. The van der Waals surface area contributed by atoms with Crippen molar-refractivity contribution in [1.29, 1.82) is 0 Å². The van der Waals surface area contributed by atoms with E-state index in [-0.39, 0.29) is 11.8 Å². The quantitative estimate of drug-likeness (QED) is 0.496. The summed E-state index contributed by atoms with van der Waals surface area (Å²) in [5, 5.41) is 0.678. The van der Waals surface area contributed by atoms with Crippen LogP contribution in [0, 0.1) is 0 Å². The van der Waals surface area contributed by atoms with Gasteiger partial charge in [0.15, 0.2) is 11.0 Å². The van der Waals surface area contributed by atoms with Gasteiger partial charge < -0.3 is 0 Å². The predicted molar refractivity (Wildman–Crippen MR) is 114 cm³/mol. The lowest BCUT2D eigenvalue weighted by molar-refractivity contribution is 0.677. The number of halogens is 1. The molecule has 0 saturated heterocycles. The van der Waals surface area contributed by atoms with Gasteiger partial charge in [-0.3, -0.25) is 0 Å². The minimum Gasteiger partial charge on any atom is -0.229 e. The monoisotopic (exact) mass is 389 g/mol. The Morgan fingerprint density at radius 1 is 0.885 bits per heavy atom. The first-order valence-electron chi connectivity index (χ1n) is 9.10. The lowest BCUT2D eigenvalue weighted by Gasteiger charge is -2.21. The van der Waals surface area contributed by atoms with Crippen LogP contribution in [-0.2, 0) is 11.0 Å². The van der Waals surface area contributed by atoms with Crippen molar-refractivity contribution in [3.05, 3.63) is 63.7 Å². The predicted octanol–water partition coefficient (Wildman–Crippen LogP) is 6.85. The highest BCUT2D eigenvalue weighted by Crippen LogP contribution is 2.34. The van der Waals surface area contributed by atoms with E-state index in [2.05, 4.69) is 58.1 Å². The first kappa shape index (κ1) is 20.9. The Hall–Kier alpha value is -1.45. The fraction of sp³-hybridized carbons (Fsp3) is 0.409.